The fourth-order valence-corrected chi connectivity index (χ4v) is 3.30. The zero-order valence-electron chi connectivity index (χ0n) is 12.8. The van der Waals surface area contributed by atoms with E-state index < -0.39 is 0 Å². The van der Waals surface area contributed by atoms with Crippen molar-refractivity contribution < 1.29 is 4.52 Å². The van der Waals surface area contributed by atoms with Crippen molar-refractivity contribution in [3.05, 3.63) is 41.5 Å². The highest BCUT2D eigenvalue weighted by Crippen LogP contribution is 2.28. The molecule has 116 valence electrons. The molecule has 0 amide bonds. The highest BCUT2D eigenvalue weighted by molar-refractivity contribution is 5.57. The lowest BCUT2D eigenvalue weighted by Crippen LogP contribution is -2.44. The predicted molar refractivity (Wildman–Crippen MR) is 83.7 cm³/mol. The lowest BCUT2D eigenvalue weighted by Gasteiger charge is -2.30. The van der Waals surface area contributed by atoms with E-state index in [4.69, 9.17) is 4.52 Å². The molecule has 0 spiro atoms. The summed E-state index contributed by atoms with van der Waals surface area (Å²) in [5.41, 5.74) is 2.69. The van der Waals surface area contributed by atoms with E-state index in [1.165, 1.54) is 11.3 Å². The molecule has 1 aromatic carbocycles. The molecular formula is C16H21N5O. The second kappa shape index (κ2) is 5.70. The summed E-state index contributed by atoms with van der Waals surface area (Å²) < 4.78 is 5.49. The van der Waals surface area contributed by atoms with Crippen molar-refractivity contribution in [1.29, 1.82) is 0 Å². The van der Waals surface area contributed by atoms with Gasteiger partial charge in [-0.15, -0.1) is 0 Å². The van der Waals surface area contributed by atoms with Crippen LogP contribution in [0, 0.1) is 0 Å². The molecule has 3 heterocycles. The van der Waals surface area contributed by atoms with E-state index >= 15 is 0 Å². The van der Waals surface area contributed by atoms with Gasteiger partial charge in [0.25, 0.3) is 0 Å². The van der Waals surface area contributed by atoms with Crippen LogP contribution in [-0.4, -0.2) is 48.3 Å². The minimum Gasteiger partial charge on any atom is -0.362 e. The smallest absolute Gasteiger partial charge is 0.246 e. The van der Waals surface area contributed by atoms with Crippen molar-refractivity contribution in [1.82, 2.24) is 20.4 Å². The maximum Gasteiger partial charge on any atom is 0.246 e. The Bertz CT molecular complexity index is 655. The number of para-hydroxylation sites is 1. The first kappa shape index (κ1) is 13.7. The molecule has 6 heteroatoms. The Hall–Kier alpha value is -1.92. The molecule has 4 rings (SSSR count). The molecule has 1 fully saturated rings. The van der Waals surface area contributed by atoms with Crippen molar-refractivity contribution in [2.24, 2.45) is 0 Å². The van der Waals surface area contributed by atoms with Crippen molar-refractivity contribution in [3.63, 3.8) is 0 Å². The predicted octanol–water partition coefficient (Wildman–Crippen LogP) is 1.21. The van der Waals surface area contributed by atoms with E-state index in [0.717, 1.165) is 38.4 Å². The number of piperazine rings is 1. The Balaban J connectivity index is 1.49. The van der Waals surface area contributed by atoms with Crippen LogP contribution in [-0.2, 0) is 13.0 Å². The molecule has 0 aliphatic carbocycles. The van der Waals surface area contributed by atoms with E-state index in [1.54, 1.807) is 0 Å². The Labute approximate surface area is 130 Å². The first-order valence-corrected chi connectivity index (χ1v) is 7.87. The summed E-state index contributed by atoms with van der Waals surface area (Å²) in [5.74, 6) is 1.49. The highest BCUT2D eigenvalue weighted by atomic mass is 16.5. The van der Waals surface area contributed by atoms with Gasteiger partial charge in [0.05, 0.1) is 12.6 Å². The van der Waals surface area contributed by atoms with Crippen molar-refractivity contribution in [3.8, 4) is 0 Å². The summed E-state index contributed by atoms with van der Waals surface area (Å²) >= 11 is 0. The van der Waals surface area contributed by atoms with Crippen LogP contribution in [0.25, 0.3) is 0 Å². The molecular weight excluding hydrogens is 278 g/mol. The van der Waals surface area contributed by atoms with Gasteiger partial charge in [-0.2, -0.15) is 4.98 Å². The molecule has 1 N–H and O–H groups in total. The van der Waals surface area contributed by atoms with Crippen molar-refractivity contribution in [2.75, 3.05) is 38.1 Å². The monoisotopic (exact) mass is 299 g/mol. The van der Waals surface area contributed by atoms with E-state index in [9.17, 15) is 0 Å². The minimum atomic E-state index is 0.206. The van der Waals surface area contributed by atoms with Gasteiger partial charge in [0.2, 0.25) is 5.89 Å². The van der Waals surface area contributed by atoms with Crippen molar-refractivity contribution >= 4 is 5.69 Å². The molecule has 0 bridgehead atoms. The average molecular weight is 299 g/mol. The molecule has 1 unspecified atom stereocenters. The molecule has 2 aliphatic rings. The largest absolute Gasteiger partial charge is 0.362 e. The Kier molecular flexibility index (Phi) is 3.56. The summed E-state index contributed by atoms with van der Waals surface area (Å²) in [6.07, 6.45) is 1.09. The van der Waals surface area contributed by atoms with Gasteiger partial charge < -0.3 is 14.7 Å². The Morgan fingerprint density at radius 3 is 3.14 bits per heavy atom. The molecule has 1 atom stereocenters. The van der Waals surface area contributed by atoms with Crippen molar-refractivity contribution in [2.45, 2.75) is 19.0 Å². The molecule has 22 heavy (non-hydrogen) atoms. The van der Waals surface area contributed by atoms with Gasteiger partial charge in [0.1, 0.15) is 0 Å². The average Bonchev–Trinajstić information content (AvgIpc) is 3.16. The maximum atomic E-state index is 5.49. The van der Waals surface area contributed by atoms with Crippen LogP contribution < -0.4 is 10.2 Å². The summed E-state index contributed by atoms with van der Waals surface area (Å²) in [5, 5.41) is 7.58. The molecule has 1 aromatic heterocycles. The number of hydrogen-bond acceptors (Lipinski definition) is 6. The number of aromatic nitrogens is 2. The Morgan fingerprint density at radius 1 is 1.32 bits per heavy atom. The van der Waals surface area contributed by atoms with Gasteiger partial charge in [-0.1, -0.05) is 23.4 Å². The lowest BCUT2D eigenvalue weighted by atomic mass is 10.2. The van der Waals surface area contributed by atoms with E-state index in [2.05, 4.69) is 56.6 Å². The van der Waals surface area contributed by atoms with E-state index in [-0.39, 0.29) is 6.04 Å². The molecule has 1 saturated heterocycles. The third-order valence-corrected chi connectivity index (χ3v) is 4.60. The van der Waals surface area contributed by atoms with Gasteiger partial charge in [-0.3, -0.25) is 4.90 Å². The lowest BCUT2D eigenvalue weighted by molar-refractivity contribution is 0.190. The topological polar surface area (TPSA) is 57.4 Å². The molecule has 0 saturated carbocycles. The molecule has 0 radical (unpaired) electrons. The minimum absolute atomic E-state index is 0.206. The quantitative estimate of drug-likeness (QED) is 0.919. The van der Waals surface area contributed by atoms with E-state index in [1.807, 2.05) is 0 Å². The second-order valence-corrected chi connectivity index (χ2v) is 6.05. The third-order valence-electron chi connectivity index (χ3n) is 4.60. The number of rotatable bonds is 3. The molecule has 6 nitrogen and oxygen atoms in total. The van der Waals surface area contributed by atoms with Crippen LogP contribution in [0.1, 0.15) is 23.3 Å². The zero-order valence-corrected chi connectivity index (χ0v) is 12.8. The zero-order chi connectivity index (χ0) is 14.9. The number of benzene rings is 1. The number of hydrogen-bond donors (Lipinski definition) is 1. The summed E-state index contributed by atoms with van der Waals surface area (Å²) in [4.78, 5) is 9.21. The number of nitrogens with zero attached hydrogens (tertiary/aromatic N) is 4. The SMILES string of the molecule is CN1CCNCC1c1noc(CN2CCc3ccccc32)n1. The van der Waals surface area contributed by atoms with E-state index in [0.29, 0.717) is 12.4 Å². The molecule has 2 aliphatic heterocycles. The standard InChI is InChI=1S/C16H21N5O/c1-20-9-7-17-10-14(20)16-18-15(22-19-16)11-21-8-6-12-4-2-3-5-13(12)21/h2-5,14,17H,6-11H2,1H3. The first-order chi connectivity index (χ1) is 10.8. The number of nitrogens with one attached hydrogen (secondary N) is 1. The molecule has 2 aromatic rings. The summed E-state index contributed by atoms with van der Waals surface area (Å²) in [7, 11) is 2.11. The van der Waals surface area contributed by atoms with Crippen LogP contribution >= 0.6 is 0 Å². The van der Waals surface area contributed by atoms with Gasteiger partial charge in [0.15, 0.2) is 5.82 Å². The maximum absolute atomic E-state index is 5.49. The number of likely N-dealkylation sites (N-methyl/N-ethyl adjacent to an activating group) is 1. The van der Waals surface area contributed by atoms with Gasteiger partial charge in [-0.25, -0.2) is 0 Å². The van der Waals surface area contributed by atoms with Crippen LogP contribution in [0.15, 0.2) is 28.8 Å². The summed E-state index contributed by atoms with van der Waals surface area (Å²) in [6, 6.07) is 8.74. The number of anilines is 1. The van der Waals surface area contributed by atoms with Crippen LogP contribution in [0.2, 0.25) is 0 Å². The number of fused-ring (bicyclic) bond motifs is 1. The van der Waals surface area contributed by atoms with Crippen LogP contribution in [0.4, 0.5) is 5.69 Å². The first-order valence-electron chi connectivity index (χ1n) is 7.87. The summed E-state index contributed by atoms with van der Waals surface area (Å²) in [6.45, 7) is 4.61. The van der Waals surface area contributed by atoms with Crippen LogP contribution in [0.3, 0.4) is 0 Å². The van der Waals surface area contributed by atoms with Crippen LogP contribution in [0.5, 0.6) is 0 Å². The van der Waals surface area contributed by atoms with Gasteiger partial charge in [-0.05, 0) is 25.1 Å². The van der Waals surface area contributed by atoms with Gasteiger partial charge in [0, 0.05) is 31.9 Å². The highest BCUT2D eigenvalue weighted by Gasteiger charge is 2.26. The fourth-order valence-electron chi connectivity index (χ4n) is 3.30. The third kappa shape index (κ3) is 2.48. The Morgan fingerprint density at radius 2 is 2.23 bits per heavy atom. The van der Waals surface area contributed by atoms with Gasteiger partial charge >= 0.3 is 0 Å². The fraction of sp³-hybridized carbons (Fsp3) is 0.500. The second-order valence-electron chi connectivity index (χ2n) is 6.05. The normalized spacial score (nSPS) is 22.0.